The monoisotopic (exact) mass is 403 g/mol. The zero-order valence-electron chi connectivity index (χ0n) is 13.0. The van der Waals surface area contributed by atoms with Gasteiger partial charge < -0.3 is 9.88 Å². The van der Waals surface area contributed by atoms with Gasteiger partial charge >= 0.3 is 5.69 Å². The van der Waals surface area contributed by atoms with Gasteiger partial charge in [-0.05, 0) is 33.6 Å². The van der Waals surface area contributed by atoms with E-state index in [9.17, 15) is 14.4 Å². The van der Waals surface area contributed by atoms with Gasteiger partial charge in [-0.3, -0.25) is 19.1 Å². The van der Waals surface area contributed by atoms with Crippen LogP contribution in [0.4, 0.5) is 5.69 Å². The number of halogens is 1. The Morgan fingerprint density at radius 2 is 2.00 bits per heavy atom. The number of aromatic nitrogens is 4. The summed E-state index contributed by atoms with van der Waals surface area (Å²) in [6, 6.07) is 7.38. The third kappa shape index (κ3) is 4.32. The minimum Gasteiger partial charge on any atom is -0.333 e. The molecule has 0 atom stereocenters. The van der Waals surface area contributed by atoms with Crippen LogP contribution in [0.25, 0.3) is 0 Å². The number of nitrogens with zero attached hydrogens (tertiary/aromatic N) is 3. The van der Waals surface area contributed by atoms with Crippen LogP contribution in [0, 0.1) is 0 Å². The highest BCUT2D eigenvalue weighted by Gasteiger charge is 2.08. The zero-order chi connectivity index (χ0) is 17.8. The van der Waals surface area contributed by atoms with Gasteiger partial charge in [-0.1, -0.05) is 12.1 Å². The summed E-state index contributed by atoms with van der Waals surface area (Å²) in [7, 11) is 0. The summed E-state index contributed by atoms with van der Waals surface area (Å²) < 4.78 is 3.24. The molecule has 0 aliphatic carbocycles. The summed E-state index contributed by atoms with van der Waals surface area (Å²) >= 11 is 3.03. The molecule has 0 bridgehead atoms. The normalized spacial score (nSPS) is 10.6. The van der Waals surface area contributed by atoms with Crippen LogP contribution in [0.3, 0.4) is 0 Å². The molecular formula is C16H14BrN5O3. The number of hydrogen-bond donors (Lipinski definition) is 2. The smallest absolute Gasteiger partial charge is 0.328 e. The maximum Gasteiger partial charge on any atom is 0.328 e. The molecule has 3 rings (SSSR count). The third-order valence-corrected chi connectivity index (χ3v) is 4.01. The van der Waals surface area contributed by atoms with Gasteiger partial charge in [0.05, 0.1) is 10.8 Å². The van der Waals surface area contributed by atoms with Gasteiger partial charge in [0, 0.05) is 30.8 Å². The first kappa shape index (κ1) is 16.9. The Morgan fingerprint density at radius 3 is 2.68 bits per heavy atom. The molecule has 0 saturated heterocycles. The number of imidazole rings is 1. The van der Waals surface area contributed by atoms with Crippen LogP contribution in [-0.4, -0.2) is 25.0 Å². The van der Waals surface area contributed by atoms with E-state index in [1.165, 1.54) is 6.20 Å². The molecule has 1 amide bonds. The summed E-state index contributed by atoms with van der Waals surface area (Å²) in [6.07, 6.45) is 6.60. The standard InChI is InChI=1S/C16H14BrN5O3/c17-13-8-22(16(25)20-15(13)24)9-14(23)19-12-3-1-11(2-4-12)7-21-6-5-18-10-21/h1-6,8,10H,7,9H2,(H,19,23)(H,20,24,25). The molecule has 0 fully saturated rings. The lowest BCUT2D eigenvalue weighted by molar-refractivity contribution is -0.116. The first-order chi connectivity index (χ1) is 12.0. The van der Waals surface area contributed by atoms with E-state index in [-0.39, 0.29) is 16.9 Å². The predicted octanol–water partition coefficient (Wildman–Crippen LogP) is 1.18. The van der Waals surface area contributed by atoms with Crippen LogP contribution in [0.5, 0.6) is 0 Å². The first-order valence-electron chi connectivity index (χ1n) is 7.35. The van der Waals surface area contributed by atoms with Gasteiger partial charge in [0.2, 0.25) is 5.91 Å². The maximum absolute atomic E-state index is 12.1. The largest absolute Gasteiger partial charge is 0.333 e. The summed E-state index contributed by atoms with van der Waals surface area (Å²) in [5, 5.41) is 2.71. The molecule has 3 aromatic rings. The number of benzene rings is 1. The Balaban J connectivity index is 1.64. The highest BCUT2D eigenvalue weighted by molar-refractivity contribution is 9.10. The average molecular weight is 404 g/mol. The van der Waals surface area contributed by atoms with Crippen molar-refractivity contribution in [1.29, 1.82) is 0 Å². The molecule has 2 N–H and O–H groups in total. The Morgan fingerprint density at radius 1 is 1.24 bits per heavy atom. The van der Waals surface area contributed by atoms with Crippen molar-refractivity contribution in [1.82, 2.24) is 19.1 Å². The number of H-pyrrole nitrogens is 1. The minimum atomic E-state index is -0.640. The second-order valence-electron chi connectivity index (χ2n) is 5.34. The molecule has 0 aliphatic heterocycles. The third-order valence-electron chi connectivity index (χ3n) is 3.44. The van der Waals surface area contributed by atoms with E-state index in [0.717, 1.165) is 10.1 Å². The lowest BCUT2D eigenvalue weighted by atomic mass is 10.2. The van der Waals surface area contributed by atoms with E-state index in [4.69, 9.17) is 0 Å². The minimum absolute atomic E-state index is 0.184. The van der Waals surface area contributed by atoms with Crippen molar-refractivity contribution in [3.63, 3.8) is 0 Å². The van der Waals surface area contributed by atoms with Crippen LogP contribution < -0.4 is 16.6 Å². The van der Waals surface area contributed by atoms with Crippen molar-refractivity contribution in [2.24, 2.45) is 0 Å². The lowest BCUT2D eigenvalue weighted by Gasteiger charge is -2.08. The molecule has 0 aliphatic rings. The van der Waals surface area contributed by atoms with E-state index >= 15 is 0 Å². The molecule has 0 unspecified atom stereocenters. The second kappa shape index (κ2) is 7.31. The molecular weight excluding hydrogens is 390 g/mol. The average Bonchev–Trinajstić information content (AvgIpc) is 3.07. The van der Waals surface area contributed by atoms with Crippen molar-refractivity contribution < 1.29 is 4.79 Å². The van der Waals surface area contributed by atoms with Crippen LogP contribution in [0.15, 0.2) is 63.2 Å². The number of aromatic amines is 1. The molecule has 2 aromatic heterocycles. The summed E-state index contributed by atoms with van der Waals surface area (Å²) in [5.74, 6) is -0.372. The highest BCUT2D eigenvalue weighted by Crippen LogP contribution is 2.11. The number of carbonyl (C=O) groups excluding carboxylic acids is 1. The zero-order valence-corrected chi connectivity index (χ0v) is 14.6. The Kier molecular flexibility index (Phi) is 4.94. The molecule has 2 heterocycles. The highest BCUT2D eigenvalue weighted by atomic mass is 79.9. The van der Waals surface area contributed by atoms with Gasteiger partial charge in [-0.25, -0.2) is 9.78 Å². The van der Waals surface area contributed by atoms with Crippen molar-refractivity contribution in [2.75, 3.05) is 5.32 Å². The van der Waals surface area contributed by atoms with Crippen LogP contribution in [-0.2, 0) is 17.9 Å². The van der Waals surface area contributed by atoms with Gasteiger partial charge in [0.1, 0.15) is 6.54 Å². The topological polar surface area (TPSA) is 102 Å². The van der Waals surface area contributed by atoms with Gasteiger partial charge in [-0.2, -0.15) is 0 Å². The molecule has 0 spiro atoms. The lowest BCUT2D eigenvalue weighted by Crippen LogP contribution is -2.33. The quantitative estimate of drug-likeness (QED) is 0.667. The SMILES string of the molecule is O=C(Cn1cc(Br)c(=O)[nH]c1=O)Nc1ccc(Cn2ccnc2)cc1. The fraction of sp³-hybridized carbons (Fsp3) is 0.125. The number of anilines is 1. The fourth-order valence-corrected chi connectivity index (χ4v) is 2.59. The van der Waals surface area contributed by atoms with E-state index in [2.05, 4.69) is 31.2 Å². The predicted molar refractivity (Wildman–Crippen MR) is 95.4 cm³/mol. The van der Waals surface area contributed by atoms with E-state index < -0.39 is 11.2 Å². The molecule has 25 heavy (non-hydrogen) atoms. The Bertz CT molecular complexity index is 990. The number of rotatable bonds is 5. The summed E-state index contributed by atoms with van der Waals surface area (Å²) in [4.78, 5) is 41.2. The van der Waals surface area contributed by atoms with Gasteiger partial charge in [0.15, 0.2) is 0 Å². The van der Waals surface area contributed by atoms with Crippen molar-refractivity contribution >= 4 is 27.5 Å². The number of amides is 1. The summed E-state index contributed by atoms with van der Waals surface area (Å²) in [6.45, 7) is 0.486. The molecule has 128 valence electrons. The molecule has 9 heteroatoms. The van der Waals surface area contributed by atoms with Crippen molar-refractivity contribution in [3.8, 4) is 0 Å². The van der Waals surface area contributed by atoms with E-state index in [1.54, 1.807) is 24.7 Å². The fourth-order valence-electron chi connectivity index (χ4n) is 2.24. The maximum atomic E-state index is 12.1. The molecule has 8 nitrogen and oxygen atoms in total. The molecule has 0 saturated carbocycles. The Hall–Kier alpha value is -2.94. The molecule has 1 aromatic carbocycles. The van der Waals surface area contributed by atoms with Crippen LogP contribution >= 0.6 is 15.9 Å². The van der Waals surface area contributed by atoms with Crippen molar-refractivity contribution in [2.45, 2.75) is 13.1 Å². The number of nitrogens with one attached hydrogen (secondary N) is 2. The number of carbonyl (C=O) groups is 1. The second-order valence-corrected chi connectivity index (χ2v) is 6.20. The Labute approximate surface area is 150 Å². The first-order valence-corrected chi connectivity index (χ1v) is 8.14. The van der Waals surface area contributed by atoms with Crippen molar-refractivity contribution in [3.05, 3.63) is 80.1 Å². The van der Waals surface area contributed by atoms with Crippen LogP contribution in [0.2, 0.25) is 0 Å². The summed E-state index contributed by atoms with van der Waals surface area (Å²) in [5.41, 5.74) is 0.516. The van der Waals surface area contributed by atoms with Gasteiger partial charge in [0.25, 0.3) is 5.56 Å². The molecule has 0 radical (unpaired) electrons. The van der Waals surface area contributed by atoms with Crippen LogP contribution in [0.1, 0.15) is 5.56 Å². The van der Waals surface area contributed by atoms with E-state index in [1.807, 2.05) is 22.9 Å². The number of hydrogen-bond acceptors (Lipinski definition) is 4. The van der Waals surface area contributed by atoms with Gasteiger partial charge in [-0.15, -0.1) is 0 Å². The van der Waals surface area contributed by atoms with E-state index in [0.29, 0.717) is 12.2 Å².